The lowest BCUT2D eigenvalue weighted by Crippen LogP contribution is -2.48. The number of fused-ring (bicyclic) bond motifs is 1. The fourth-order valence-electron chi connectivity index (χ4n) is 4.12. The molecule has 0 saturated carbocycles. The van der Waals surface area contributed by atoms with Crippen LogP contribution in [0.3, 0.4) is 0 Å². The Bertz CT molecular complexity index is 1230. The Hall–Kier alpha value is -3.52. The molecule has 1 saturated heterocycles. The lowest BCUT2D eigenvalue weighted by atomic mass is 10.0. The number of piperazine rings is 1. The van der Waals surface area contributed by atoms with Crippen LogP contribution in [0, 0.1) is 13.8 Å². The van der Waals surface area contributed by atoms with Gasteiger partial charge >= 0.3 is 0 Å². The number of carbonyl (C=O) groups is 1. The summed E-state index contributed by atoms with van der Waals surface area (Å²) in [6.07, 6.45) is 5.34. The molecule has 33 heavy (non-hydrogen) atoms. The zero-order chi connectivity index (χ0) is 22.8. The lowest BCUT2D eigenvalue weighted by molar-refractivity contribution is 0.0746. The van der Waals surface area contributed by atoms with Crippen LogP contribution in [0.25, 0.3) is 10.3 Å². The standard InChI is InChI=1S/C25H25N5O2S/c1-17-13-20(14-18(2)22(17)32-16-19-5-3-7-26-15-19)24(31)29-9-11-30(12-10-29)25-28-21-6-4-8-27-23(21)33-25/h3-8,13-15H,9-12,16H2,1-2H3. The van der Waals surface area contributed by atoms with E-state index < -0.39 is 0 Å². The van der Waals surface area contributed by atoms with Gasteiger partial charge in [-0.2, -0.15) is 0 Å². The molecule has 8 heteroatoms. The van der Waals surface area contributed by atoms with E-state index in [9.17, 15) is 4.79 Å². The summed E-state index contributed by atoms with van der Waals surface area (Å²) in [6, 6.07) is 11.6. The molecule has 5 rings (SSSR count). The Kier molecular flexibility index (Phi) is 5.92. The molecule has 1 aliphatic heterocycles. The van der Waals surface area contributed by atoms with E-state index in [0.717, 1.165) is 51.0 Å². The Labute approximate surface area is 196 Å². The van der Waals surface area contributed by atoms with E-state index in [4.69, 9.17) is 9.72 Å². The number of nitrogens with zero attached hydrogens (tertiary/aromatic N) is 5. The summed E-state index contributed by atoms with van der Waals surface area (Å²) < 4.78 is 6.04. The van der Waals surface area contributed by atoms with Crippen molar-refractivity contribution in [3.63, 3.8) is 0 Å². The van der Waals surface area contributed by atoms with Crippen LogP contribution in [-0.2, 0) is 6.61 Å². The van der Waals surface area contributed by atoms with Crippen LogP contribution < -0.4 is 9.64 Å². The van der Waals surface area contributed by atoms with Gasteiger partial charge in [0.2, 0.25) is 0 Å². The average molecular weight is 460 g/mol. The summed E-state index contributed by atoms with van der Waals surface area (Å²) in [5.74, 6) is 0.885. The maximum absolute atomic E-state index is 13.2. The fraction of sp³-hybridized carbons (Fsp3) is 0.280. The summed E-state index contributed by atoms with van der Waals surface area (Å²) in [5, 5.41) is 0.970. The summed E-state index contributed by atoms with van der Waals surface area (Å²) in [7, 11) is 0. The number of benzene rings is 1. The third kappa shape index (κ3) is 4.52. The van der Waals surface area contributed by atoms with Crippen molar-refractivity contribution >= 4 is 32.7 Å². The number of anilines is 1. The van der Waals surface area contributed by atoms with Crippen LogP contribution >= 0.6 is 11.3 Å². The molecule has 0 bridgehead atoms. The number of hydrogen-bond acceptors (Lipinski definition) is 7. The SMILES string of the molecule is Cc1cc(C(=O)N2CCN(c3nc4cccnc4s3)CC2)cc(C)c1OCc1cccnc1. The number of rotatable bonds is 5. The molecule has 0 spiro atoms. The minimum absolute atomic E-state index is 0.0608. The molecule has 1 amide bonds. The Morgan fingerprint density at radius 2 is 1.82 bits per heavy atom. The zero-order valence-electron chi connectivity index (χ0n) is 18.7. The molecule has 1 aromatic carbocycles. The van der Waals surface area contributed by atoms with E-state index in [-0.39, 0.29) is 5.91 Å². The van der Waals surface area contributed by atoms with E-state index in [0.29, 0.717) is 25.3 Å². The molecule has 1 fully saturated rings. The third-order valence-electron chi connectivity index (χ3n) is 5.81. The summed E-state index contributed by atoms with van der Waals surface area (Å²) in [4.78, 5) is 31.5. The van der Waals surface area contributed by atoms with Crippen LogP contribution in [0.4, 0.5) is 5.13 Å². The van der Waals surface area contributed by atoms with Crippen molar-refractivity contribution in [3.8, 4) is 5.75 Å². The fourth-order valence-corrected chi connectivity index (χ4v) is 5.08. The molecule has 7 nitrogen and oxygen atoms in total. The first kappa shape index (κ1) is 21.3. The zero-order valence-corrected chi connectivity index (χ0v) is 19.5. The van der Waals surface area contributed by atoms with Gasteiger partial charge in [-0.15, -0.1) is 0 Å². The van der Waals surface area contributed by atoms with Gasteiger partial charge in [0, 0.05) is 55.9 Å². The van der Waals surface area contributed by atoms with E-state index in [1.54, 1.807) is 29.9 Å². The van der Waals surface area contributed by atoms with Crippen LogP contribution in [-0.4, -0.2) is 51.9 Å². The largest absolute Gasteiger partial charge is 0.488 e. The molecule has 3 aromatic heterocycles. The minimum Gasteiger partial charge on any atom is -0.488 e. The number of carbonyl (C=O) groups excluding carboxylic acids is 1. The molecule has 4 aromatic rings. The predicted molar refractivity (Wildman–Crippen MR) is 130 cm³/mol. The smallest absolute Gasteiger partial charge is 0.253 e. The number of aryl methyl sites for hydroxylation is 2. The van der Waals surface area contributed by atoms with Gasteiger partial charge in [-0.25, -0.2) is 9.97 Å². The lowest BCUT2D eigenvalue weighted by Gasteiger charge is -2.34. The highest BCUT2D eigenvalue weighted by Gasteiger charge is 2.25. The van der Waals surface area contributed by atoms with Crippen molar-refractivity contribution in [1.82, 2.24) is 19.9 Å². The third-order valence-corrected chi connectivity index (χ3v) is 6.85. The Morgan fingerprint density at radius 1 is 1.06 bits per heavy atom. The number of amides is 1. The van der Waals surface area contributed by atoms with Gasteiger partial charge in [-0.1, -0.05) is 17.4 Å². The topological polar surface area (TPSA) is 71.5 Å². The summed E-state index contributed by atoms with van der Waals surface area (Å²) >= 11 is 1.60. The van der Waals surface area contributed by atoms with E-state index in [2.05, 4.69) is 14.9 Å². The molecule has 168 valence electrons. The van der Waals surface area contributed by atoms with Crippen molar-refractivity contribution in [3.05, 3.63) is 77.2 Å². The highest BCUT2D eigenvalue weighted by atomic mass is 32.1. The summed E-state index contributed by atoms with van der Waals surface area (Å²) in [5.41, 5.74) is 4.56. The molecular weight excluding hydrogens is 434 g/mol. The second kappa shape index (κ2) is 9.15. The Morgan fingerprint density at radius 3 is 2.52 bits per heavy atom. The second-order valence-corrected chi connectivity index (χ2v) is 9.15. The average Bonchev–Trinajstić information content (AvgIpc) is 3.28. The number of pyridine rings is 2. The highest BCUT2D eigenvalue weighted by molar-refractivity contribution is 7.21. The second-order valence-electron chi connectivity index (χ2n) is 8.19. The molecule has 0 aliphatic carbocycles. The van der Waals surface area contributed by atoms with Crippen molar-refractivity contribution < 1.29 is 9.53 Å². The molecule has 0 atom stereocenters. The van der Waals surface area contributed by atoms with E-state index >= 15 is 0 Å². The molecule has 1 aliphatic rings. The van der Waals surface area contributed by atoms with Gasteiger partial charge in [0.1, 0.15) is 22.7 Å². The van der Waals surface area contributed by atoms with Crippen molar-refractivity contribution in [2.75, 3.05) is 31.1 Å². The number of ether oxygens (including phenoxy) is 1. The van der Waals surface area contributed by atoms with Gasteiger partial charge in [-0.05, 0) is 55.3 Å². The molecule has 0 radical (unpaired) electrons. The van der Waals surface area contributed by atoms with Gasteiger partial charge < -0.3 is 14.5 Å². The first-order chi connectivity index (χ1) is 16.1. The first-order valence-electron chi connectivity index (χ1n) is 11.0. The van der Waals surface area contributed by atoms with Gasteiger partial charge in [0.05, 0.1) is 0 Å². The van der Waals surface area contributed by atoms with Gasteiger partial charge in [0.15, 0.2) is 5.13 Å². The van der Waals surface area contributed by atoms with Crippen LogP contribution in [0.5, 0.6) is 5.75 Å². The van der Waals surface area contributed by atoms with Crippen molar-refractivity contribution in [2.24, 2.45) is 0 Å². The predicted octanol–water partition coefficient (Wildman–Crippen LogP) is 4.24. The maximum atomic E-state index is 13.2. The molecule has 4 heterocycles. The van der Waals surface area contributed by atoms with Crippen molar-refractivity contribution in [2.45, 2.75) is 20.5 Å². The number of aromatic nitrogens is 3. The molecule has 0 unspecified atom stereocenters. The van der Waals surface area contributed by atoms with E-state index in [1.807, 2.05) is 55.1 Å². The molecule has 0 N–H and O–H groups in total. The minimum atomic E-state index is 0.0608. The normalized spacial score (nSPS) is 14.0. The van der Waals surface area contributed by atoms with E-state index in [1.165, 1.54) is 0 Å². The Balaban J connectivity index is 1.24. The number of thiazole rings is 1. The van der Waals surface area contributed by atoms with Gasteiger partial charge in [0.25, 0.3) is 5.91 Å². The van der Waals surface area contributed by atoms with Crippen LogP contribution in [0.1, 0.15) is 27.0 Å². The number of hydrogen-bond donors (Lipinski definition) is 0. The summed E-state index contributed by atoms with van der Waals surface area (Å²) in [6.45, 7) is 7.28. The van der Waals surface area contributed by atoms with Crippen LogP contribution in [0.2, 0.25) is 0 Å². The van der Waals surface area contributed by atoms with Gasteiger partial charge in [-0.3, -0.25) is 9.78 Å². The van der Waals surface area contributed by atoms with Crippen molar-refractivity contribution in [1.29, 1.82) is 0 Å². The first-order valence-corrected chi connectivity index (χ1v) is 11.8. The van der Waals surface area contributed by atoms with Crippen LogP contribution in [0.15, 0.2) is 55.0 Å². The quantitative estimate of drug-likeness (QED) is 0.444. The monoisotopic (exact) mass is 459 g/mol. The highest BCUT2D eigenvalue weighted by Crippen LogP contribution is 2.29. The molecular formula is C25H25N5O2S. The maximum Gasteiger partial charge on any atom is 0.253 e.